The second-order valence-electron chi connectivity index (χ2n) is 5.11. The molecule has 0 radical (unpaired) electrons. The van der Waals surface area contributed by atoms with Crippen LogP contribution in [0.5, 0.6) is 0 Å². The minimum absolute atomic E-state index is 0.0303. The Morgan fingerprint density at radius 2 is 2.12 bits per heavy atom. The molecule has 1 saturated carbocycles. The van der Waals surface area contributed by atoms with Crippen LogP contribution in [-0.2, 0) is 6.42 Å². The van der Waals surface area contributed by atoms with Gasteiger partial charge in [-0.2, -0.15) is 5.10 Å². The Hall–Kier alpha value is -0.870. The van der Waals surface area contributed by atoms with Gasteiger partial charge in [-0.15, -0.1) is 0 Å². The highest BCUT2D eigenvalue weighted by molar-refractivity contribution is 5.25. The summed E-state index contributed by atoms with van der Waals surface area (Å²) in [5, 5.41) is 14.1. The van der Waals surface area contributed by atoms with Crippen LogP contribution in [-0.4, -0.2) is 27.5 Å². The van der Waals surface area contributed by atoms with E-state index in [0.717, 1.165) is 17.8 Å². The predicted octanol–water partition coefficient (Wildman–Crippen LogP) is 1.33. The first kappa shape index (κ1) is 12.6. The summed E-state index contributed by atoms with van der Waals surface area (Å²) in [6.45, 7) is 6.30. The molecule has 2 atom stereocenters. The molecule has 1 aliphatic rings. The molecular weight excluding hydrogens is 214 g/mol. The zero-order valence-corrected chi connectivity index (χ0v) is 11.0. The highest BCUT2D eigenvalue weighted by Gasteiger charge is 2.35. The molecule has 4 heteroatoms. The van der Waals surface area contributed by atoms with Crippen LogP contribution in [0.25, 0.3) is 0 Å². The van der Waals surface area contributed by atoms with E-state index in [4.69, 9.17) is 5.73 Å². The van der Waals surface area contributed by atoms with E-state index in [2.05, 4.69) is 18.9 Å². The highest BCUT2D eigenvalue weighted by Crippen LogP contribution is 2.36. The SMILES string of the molecule is CCc1c(C)nn(C(CO)C(N)C2CC2)c1C. The summed E-state index contributed by atoms with van der Waals surface area (Å²) < 4.78 is 1.94. The van der Waals surface area contributed by atoms with Crippen LogP contribution in [0.15, 0.2) is 0 Å². The molecule has 4 nitrogen and oxygen atoms in total. The summed E-state index contributed by atoms with van der Waals surface area (Å²) in [5.41, 5.74) is 9.71. The third-order valence-electron chi connectivity index (χ3n) is 3.94. The van der Waals surface area contributed by atoms with E-state index in [9.17, 15) is 5.11 Å². The molecule has 2 rings (SSSR count). The molecule has 3 N–H and O–H groups in total. The van der Waals surface area contributed by atoms with Gasteiger partial charge >= 0.3 is 0 Å². The van der Waals surface area contributed by atoms with E-state index in [1.165, 1.54) is 18.4 Å². The minimum Gasteiger partial charge on any atom is -0.394 e. The second kappa shape index (κ2) is 4.78. The molecule has 1 aromatic rings. The molecule has 1 heterocycles. The summed E-state index contributed by atoms with van der Waals surface area (Å²) in [7, 11) is 0. The largest absolute Gasteiger partial charge is 0.394 e. The van der Waals surface area contributed by atoms with Crippen molar-refractivity contribution in [1.29, 1.82) is 0 Å². The van der Waals surface area contributed by atoms with Crippen molar-refractivity contribution in [3.63, 3.8) is 0 Å². The first-order chi connectivity index (χ1) is 8.10. The summed E-state index contributed by atoms with van der Waals surface area (Å²) in [4.78, 5) is 0. The predicted molar refractivity (Wildman–Crippen MR) is 67.9 cm³/mol. The fourth-order valence-corrected chi connectivity index (χ4v) is 2.69. The van der Waals surface area contributed by atoms with Gasteiger partial charge in [0.05, 0.1) is 18.3 Å². The first-order valence-electron chi connectivity index (χ1n) is 6.51. The van der Waals surface area contributed by atoms with Gasteiger partial charge in [0.25, 0.3) is 0 Å². The lowest BCUT2D eigenvalue weighted by molar-refractivity contribution is 0.186. The smallest absolute Gasteiger partial charge is 0.0906 e. The molecule has 1 aromatic heterocycles. The number of nitrogens with zero attached hydrogens (tertiary/aromatic N) is 2. The molecule has 1 aliphatic carbocycles. The van der Waals surface area contributed by atoms with Crippen LogP contribution >= 0.6 is 0 Å². The van der Waals surface area contributed by atoms with Crippen LogP contribution in [0.4, 0.5) is 0 Å². The molecule has 0 aliphatic heterocycles. The zero-order chi connectivity index (χ0) is 12.6. The quantitative estimate of drug-likeness (QED) is 0.812. The molecule has 17 heavy (non-hydrogen) atoms. The number of nitrogens with two attached hydrogens (primary N) is 1. The van der Waals surface area contributed by atoms with Crippen molar-refractivity contribution in [1.82, 2.24) is 9.78 Å². The number of hydrogen-bond acceptors (Lipinski definition) is 3. The molecule has 0 aromatic carbocycles. The molecule has 2 unspecified atom stereocenters. The monoisotopic (exact) mass is 237 g/mol. The lowest BCUT2D eigenvalue weighted by Crippen LogP contribution is -2.37. The Kier molecular flexibility index (Phi) is 3.54. The lowest BCUT2D eigenvalue weighted by Gasteiger charge is -2.23. The summed E-state index contributed by atoms with van der Waals surface area (Å²) in [6.07, 6.45) is 3.36. The van der Waals surface area contributed by atoms with Crippen LogP contribution in [0.3, 0.4) is 0 Å². The van der Waals surface area contributed by atoms with Gasteiger partial charge in [-0.05, 0) is 44.6 Å². The first-order valence-corrected chi connectivity index (χ1v) is 6.51. The van der Waals surface area contributed by atoms with Gasteiger partial charge in [0.2, 0.25) is 0 Å². The molecule has 0 saturated heterocycles. The van der Waals surface area contributed by atoms with Crippen LogP contribution in [0.2, 0.25) is 0 Å². The standard InChI is InChI=1S/C13H23N3O/c1-4-11-8(2)15-16(9(11)3)12(7-17)13(14)10-5-6-10/h10,12-13,17H,4-7,14H2,1-3H3. The van der Waals surface area contributed by atoms with E-state index in [1.54, 1.807) is 0 Å². The maximum atomic E-state index is 9.58. The van der Waals surface area contributed by atoms with Gasteiger partial charge in [0.15, 0.2) is 0 Å². The molecule has 0 spiro atoms. The average Bonchev–Trinajstić information content (AvgIpc) is 3.09. The topological polar surface area (TPSA) is 64.1 Å². The van der Waals surface area contributed by atoms with Crippen molar-refractivity contribution in [2.75, 3.05) is 6.61 Å². The van der Waals surface area contributed by atoms with Gasteiger partial charge in [-0.25, -0.2) is 0 Å². The Morgan fingerprint density at radius 1 is 1.47 bits per heavy atom. The van der Waals surface area contributed by atoms with E-state index >= 15 is 0 Å². The third-order valence-corrected chi connectivity index (χ3v) is 3.94. The highest BCUT2D eigenvalue weighted by atomic mass is 16.3. The van der Waals surface area contributed by atoms with Gasteiger partial charge < -0.3 is 10.8 Å². The van der Waals surface area contributed by atoms with Crippen molar-refractivity contribution in [3.05, 3.63) is 17.0 Å². The summed E-state index contributed by atoms with van der Waals surface area (Å²) in [5.74, 6) is 0.570. The maximum Gasteiger partial charge on any atom is 0.0906 e. The van der Waals surface area contributed by atoms with Gasteiger partial charge in [0, 0.05) is 11.7 Å². The number of rotatable bonds is 5. The second-order valence-corrected chi connectivity index (χ2v) is 5.11. The Morgan fingerprint density at radius 3 is 2.53 bits per heavy atom. The molecule has 1 fully saturated rings. The lowest BCUT2D eigenvalue weighted by atomic mass is 10.0. The van der Waals surface area contributed by atoms with Crippen molar-refractivity contribution < 1.29 is 5.11 Å². The number of aliphatic hydroxyl groups excluding tert-OH is 1. The number of aromatic nitrogens is 2. The average molecular weight is 237 g/mol. The van der Waals surface area contributed by atoms with Crippen molar-refractivity contribution in [3.8, 4) is 0 Å². The van der Waals surface area contributed by atoms with Crippen LogP contribution < -0.4 is 5.73 Å². The van der Waals surface area contributed by atoms with E-state index in [-0.39, 0.29) is 18.7 Å². The van der Waals surface area contributed by atoms with Crippen molar-refractivity contribution in [2.45, 2.75) is 52.1 Å². The van der Waals surface area contributed by atoms with Crippen molar-refractivity contribution >= 4 is 0 Å². The van der Waals surface area contributed by atoms with E-state index in [1.807, 2.05) is 11.6 Å². The number of aliphatic hydroxyl groups is 1. The number of hydrogen-bond donors (Lipinski definition) is 2. The van der Waals surface area contributed by atoms with Gasteiger partial charge in [0.1, 0.15) is 0 Å². The van der Waals surface area contributed by atoms with E-state index < -0.39 is 0 Å². The van der Waals surface area contributed by atoms with Crippen molar-refractivity contribution in [2.24, 2.45) is 11.7 Å². The summed E-state index contributed by atoms with van der Waals surface area (Å²) >= 11 is 0. The molecular formula is C13H23N3O. The fourth-order valence-electron chi connectivity index (χ4n) is 2.69. The Labute approximate surface area is 103 Å². The zero-order valence-electron chi connectivity index (χ0n) is 11.0. The maximum absolute atomic E-state index is 9.58. The fraction of sp³-hybridized carbons (Fsp3) is 0.769. The molecule has 0 bridgehead atoms. The van der Waals surface area contributed by atoms with E-state index in [0.29, 0.717) is 5.92 Å². The summed E-state index contributed by atoms with van der Waals surface area (Å²) in [6, 6.07) is -0.0378. The Bertz CT molecular complexity index is 396. The Balaban J connectivity index is 2.29. The van der Waals surface area contributed by atoms with Crippen LogP contribution in [0, 0.1) is 19.8 Å². The third kappa shape index (κ3) is 2.24. The van der Waals surface area contributed by atoms with Gasteiger partial charge in [-0.3, -0.25) is 4.68 Å². The van der Waals surface area contributed by atoms with Crippen LogP contribution in [0.1, 0.15) is 42.8 Å². The molecule has 0 amide bonds. The normalized spacial score (nSPS) is 19.4. The minimum atomic E-state index is -0.0681. The molecule has 96 valence electrons. The number of aryl methyl sites for hydroxylation is 1. The van der Waals surface area contributed by atoms with Gasteiger partial charge in [-0.1, -0.05) is 6.92 Å².